The van der Waals surface area contributed by atoms with Crippen molar-refractivity contribution in [3.05, 3.63) is 51.9 Å². The van der Waals surface area contributed by atoms with Crippen LogP contribution in [-0.2, 0) is 13.1 Å². The van der Waals surface area contributed by atoms with E-state index in [1.54, 1.807) is 11.3 Å². The van der Waals surface area contributed by atoms with Gasteiger partial charge < -0.3 is 9.88 Å². The maximum Gasteiger partial charge on any atom is 0.0958 e. The van der Waals surface area contributed by atoms with Crippen LogP contribution in [0, 0.1) is 0 Å². The number of hydrogen-bond donors (Lipinski definition) is 1. The van der Waals surface area contributed by atoms with E-state index in [4.69, 9.17) is 11.6 Å². The summed E-state index contributed by atoms with van der Waals surface area (Å²) in [6.45, 7) is 2.86. The molecule has 0 fully saturated rings. The quantitative estimate of drug-likeness (QED) is 0.699. The summed E-state index contributed by atoms with van der Waals surface area (Å²) in [5.74, 6) is 0. The topological polar surface area (TPSA) is 29.9 Å². The summed E-state index contributed by atoms with van der Waals surface area (Å²) in [5, 5.41) is 3.44. The molecule has 3 aromatic rings. The number of benzene rings is 1. The number of imidazole rings is 1. The lowest BCUT2D eigenvalue weighted by Gasteiger charge is -2.05. The van der Waals surface area contributed by atoms with Crippen molar-refractivity contribution in [1.82, 2.24) is 14.9 Å². The summed E-state index contributed by atoms with van der Waals surface area (Å²) in [6, 6.07) is 12.3. The zero-order chi connectivity index (χ0) is 13.8. The lowest BCUT2D eigenvalue weighted by Crippen LogP contribution is -2.15. The van der Waals surface area contributed by atoms with E-state index in [1.165, 1.54) is 10.4 Å². The van der Waals surface area contributed by atoms with Gasteiger partial charge in [0.25, 0.3) is 0 Å². The van der Waals surface area contributed by atoms with E-state index in [9.17, 15) is 0 Å². The summed E-state index contributed by atoms with van der Waals surface area (Å²) in [4.78, 5) is 5.68. The molecule has 0 aliphatic rings. The highest BCUT2D eigenvalue weighted by Crippen LogP contribution is 2.20. The van der Waals surface area contributed by atoms with Crippen LogP contribution in [0.2, 0.25) is 4.34 Å². The fourth-order valence-corrected chi connectivity index (χ4v) is 3.28. The van der Waals surface area contributed by atoms with Gasteiger partial charge in [0.2, 0.25) is 0 Å². The molecule has 2 aromatic heterocycles. The smallest absolute Gasteiger partial charge is 0.0958 e. The van der Waals surface area contributed by atoms with E-state index in [0.717, 1.165) is 35.9 Å². The van der Waals surface area contributed by atoms with Gasteiger partial charge in [-0.2, -0.15) is 0 Å². The van der Waals surface area contributed by atoms with Gasteiger partial charge in [-0.1, -0.05) is 23.7 Å². The van der Waals surface area contributed by atoms with Crippen molar-refractivity contribution in [1.29, 1.82) is 0 Å². The van der Waals surface area contributed by atoms with Gasteiger partial charge in [0.1, 0.15) is 0 Å². The van der Waals surface area contributed by atoms with E-state index >= 15 is 0 Å². The van der Waals surface area contributed by atoms with Gasteiger partial charge in [-0.25, -0.2) is 4.98 Å². The minimum atomic E-state index is 0.853. The molecular formula is C15H16ClN3S. The predicted octanol–water partition coefficient (Wildman–Crippen LogP) is 3.93. The van der Waals surface area contributed by atoms with Crippen molar-refractivity contribution < 1.29 is 0 Å². The third-order valence-corrected chi connectivity index (χ3v) is 4.44. The zero-order valence-electron chi connectivity index (χ0n) is 11.1. The summed E-state index contributed by atoms with van der Waals surface area (Å²) >= 11 is 7.54. The molecule has 5 heteroatoms. The maximum absolute atomic E-state index is 5.90. The first-order valence-electron chi connectivity index (χ1n) is 6.68. The Balaban J connectivity index is 1.46. The lowest BCUT2D eigenvalue weighted by atomic mass is 10.3. The van der Waals surface area contributed by atoms with Gasteiger partial charge in [0, 0.05) is 18.0 Å². The van der Waals surface area contributed by atoms with Gasteiger partial charge >= 0.3 is 0 Å². The van der Waals surface area contributed by atoms with E-state index in [1.807, 2.05) is 24.5 Å². The number of rotatable bonds is 6. The molecule has 0 saturated heterocycles. The van der Waals surface area contributed by atoms with Crippen LogP contribution in [0.5, 0.6) is 0 Å². The molecule has 0 spiro atoms. The Morgan fingerprint density at radius 2 is 2.10 bits per heavy atom. The van der Waals surface area contributed by atoms with Crippen LogP contribution in [0.25, 0.3) is 11.0 Å². The Bertz CT molecular complexity index is 689. The second kappa shape index (κ2) is 6.39. The molecule has 2 heterocycles. The standard InChI is InChI=1S/C15H16ClN3S/c16-15-7-6-12(20-15)10-17-8-3-9-19-11-18-13-4-1-2-5-14(13)19/h1-2,4-7,11,17H,3,8-10H2. The van der Waals surface area contributed by atoms with Crippen LogP contribution in [-0.4, -0.2) is 16.1 Å². The van der Waals surface area contributed by atoms with E-state index in [-0.39, 0.29) is 0 Å². The molecule has 1 N–H and O–H groups in total. The SMILES string of the molecule is Clc1ccc(CNCCCn2cnc3ccccc32)s1. The number of nitrogens with one attached hydrogen (secondary N) is 1. The monoisotopic (exact) mass is 305 g/mol. The molecule has 3 nitrogen and oxygen atoms in total. The molecule has 0 aliphatic carbocycles. The Morgan fingerprint density at radius 1 is 1.20 bits per heavy atom. The summed E-state index contributed by atoms with van der Waals surface area (Å²) < 4.78 is 3.06. The minimum absolute atomic E-state index is 0.853. The van der Waals surface area contributed by atoms with E-state index in [0.29, 0.717) is 0 Å². The fraction of sp³-hybridized carbons (Fsp3) is 0.267. The summed E-state index contributed by atoms with van der Waals surface area (Å²) in [7, 11) is 0. The molecule has 104 valence electrons. The summed E-state index contributed by atoms with van der Waals surface area (Å²) in [5.41, 5.74) is 2.27. The molecule has 3 rings (SSSR count). The number of thiophene rings is 1. The molecule has 0 aliphatic heterocycles. The number of para-hydroxylation sites is 2. The number of halogens is 1. The zero-order valence-corrected chi connectivity index (χ0v) is 12.6. The molecule has 0 saturated carbocycles. The van der Waals surface area contributed by atoms with Crippen molar-refractivity contribution in [2.45, 2.75) is 19.5 Å². The van der Waals surface area contributed by atoms with Crippen LogP contribution >= 0.6 is 22.9 Å². The first-order chi connectivity index (χ1) is 9.83. The normalized spacial score (nSPS) is 11.2. The number of hydrogen-bond acceptors (Lipinski definition) is 3. The van der Waals surface area contributed by atoms with Gasteiger partial charge in [-0.15, -0.1) is 11.3 Å². The Morgan fingerprint density at radius 3 is 2.95 bits per heavy atom. The van der Waals surface area contributed by atoms with Crippen molar-refractivity contribution in [2.24, 2.45) is 0 Å². The largest absolute Gasteiger partial charge is 0.331 e. The Labute approximate surface area is 127 Å². The molecule has 0 atom stereocenters. The average Bonchev–Trinajstić information content (AvgIpc) is 3.05. The maximum atomic E-state index is 5.90. The second-order valence-corrected chi connectivity index (χ2v) is 6.46. The first-order valence-corrected chi connectivity index (χ1v) is 7.87. The van der Waals surface area contributed by atoms with Gasteiger partial charge in [-0.3, -0.25) is 0 Å². The molecule has 0 radical (unpaired) electrons. The van der Waals surface area contributed by atoms with E-state index in [2.05, 4.69) is 33.1 Å². The highest BCUT2D eigenvalue weighted by Gasteiger charge is 2.01. The van der Waals surface area contributed by atoms with Gasteiger partial charge in [0.15, 0.2) is 0 Å². The molecule has 0 unspecified atom stereocenters. The van der Waals surface area contributed by atoms with Crippen LogP contribution in [0.3, 0.4) is 0 Å². The lowest BCUT2D eigenvalue weighted by molar-refractivity contribution is 0.591. The highest BCUT2D eigenvalue weighted by molar-refractivity contribution is 7.16. The van der Waals surface area contributed by atoms with Crippen LogP contribution < -0.4 is 5.32 Å². The average molecular weight is 306 g/mol. The van der Waals surface area contributed by atoms with Gasteiger partial charge in [-0.05, 0) is 37.2 Å². The van der Waals surface area contributed by atoms with Crippen LogP contribution in [0.4, 0.5) is 0 Å². The second-order valence-electron chi connectivity index (χ2n) is 4.66. The van der Waals surface area contributed by atoms with Crippen LogP contribution in [0.1, 0.15) is 11.3 Å². The van der Waals surface area contributed by atoms with Crippen molar-refractivity contribution in [3.63, 3.8) is 0 Å². The fourth-order valence-electron chi connectivity index (χ4n) is 2.22. The van der Waals surface area contributed by atoms with Gasteiger partial charge in [0.05, 0.1) is 21.7 Å². The highest BCUT2D eigenvalue weighted by atomic mass is 35.5. The van der Waals surface area contributed by atoms with Crippen molar-refractivity contribution in [2.75, 3.05) is 6.54 Å². The van der Waals surface area contributed by atoms with E-state index < -0.39 is 0 Å². The Hall–Kier alpha value is -1.36. The molecule has 0 bridgehead atoms. The number of aromatic nitrogens is 2. The van der Waals surface area contributed by atoms with Crippen molar-refractivity contribution >= 4 is 34.0 Å². The predicted molar refractivity (Wildman–Crippen MR) is 85.4 cm³/mol. The third-order valence-electron chi connectivity index (χ3n) is 3.21. The molecule has 0 amide bonds. The summed E-state index contributed by atoms with van der Waals surface area (Å²) in [6.07, 6.45) is 3.00. The molecule has 20 heavy (non-hydrogen) atoms. The van der Waals surface area contributed by atoms with Crippen LogP contribution in [0.15, 0.2) is 42.7 Å². The number of nitrogens with zero attached hydrogens (tertiary/aromatic N) is 2. The first kappa shape index (κ1) is 13.6. The van der Waals surface area contributed by atoms with Crippen molar-refractivity contribution in [3.8, 4) is 0 Å². The number of fused-ring (bicyclic) bond motifs is 1. The molecule has 1 aromatic carbocycles. The molecular weight excluding hydrogens is 290 g/mol. The minimum Gasteiger partial charge on any atom is -0.331 e. The Kier molecular flexibility index (Phi) is 4.35. The third kappa shape index (κ3) is 3.20. The number of aryl methyl sites for hydroxylation is 1.